The Morgan fingerprint density at radius 3 is 1.05 bits per heavy atom. The molecule has 0 radical (unpaired) electrons. The zero-order valence-corrected chi connectivity index (χ0v) is 22.3. The van der Waals surface area contributed by atoms with E-state index in [0.717, 1.165) is 24.3 Å². The molecule has 4 aromatic rings. The summed E-state index contributed by atoms with van der Waals surface area (Å²) in [5.74, 6) is -1.57. The molecule has 0 aromatic heterocycles. The minimum Gasteiger partial charge on any atom is -0.423 e. The van der Waals surface area contributed by atoms with Crippen LogP contribution in [-0.2, 0) is 19.2 Å². The van der Waals surface area contributed by atoms with E-state index in [2.05, 4.69) is 26.3 Å². The first-order valence-corrected chi connectivity index (χ1v) is 12.4. The molecule has 8 nitrogen and oxygen atoms in total. The maximum absolute atomic E-state index is 12.3. The predicted octanol–water partition coefficient (Wildman–Crippen LogP) is 6.54. The molecule has 42 heavy (non-hydrogen) atoms. The SMILES string of the molecule is C=CC(=O)Oc1ccc(-c2cc(OC(=O)C=C)c3cc(-c4ccc(OC(=O)C=C)cc4)cc(OC(=O)C=C)c3c2)cc1. The number of fused-ring (bicyclic) bond motifs is 1. The molecule has 8 heteroatoms. The summed E-state index contributed by atoms with van der Waals surface area (Å²) in [6.45, 7) is 13.7. The third kappa shape index (κ3) is 6.75. The van der Waals surface area contributed by atoms with Crippen molar-refractivity contribution in [3.05, 3.63) is 123 Å². The summed E-state index contributed by atoms with van der Waals surface area (Å²) >= 11 is 0. The Balaban J connectivity index is 1.88. The zero-order valence-electron chi connectivity index (χ0n) is 22.3. The van der Waals surface area contributed by atoms with Crippen molar-refractivity contribution in [1.82, 2.24) is 0 Å². The summed E-state index contributed by atoms with van der Waals surface area (Å²) in [4.78, 5) is 47.7. The zero-order chi connectivity index (χ0) is 30.2. The molecule has 0 atom stereocenters. The van der Waals surface area contributed by atoms with Crippen LogP contribution in [0.4, 0.5) is 0 Å². The van der Waals surface area contributed by atoms with Crippen LogP contribution in [0.25, 0.3) is 33.0 Å². The van der Waals surface area contributed by atoms with Gasteiger partial charge in [0.1, 0.15) is 23.0 Å². The van der Waals surface area contributed by atoms with Gasteiger partial charge in [-0.05, 0) is 70.8 Å². The quantitative estimate of drug-likeness (QED) is 0.122. The number of esters is 4. The van der Waals surface area contributed by atoms with E-state index in [4.69, 9.17) is 18.9 Å². The topological polar surface area (TPSA) is 105 Å². The highest BCUT2D eigenvalue weighted by atomic mass is 16.5. The highest BCUT2D eigenvalue weighted by Gasteiger charge is 2.17. The van der Waals surface area contributed by atoms with E-state index >= 15 is 0 Å². The van der Waals surface area contributed by atoms with Crippen molar-refractivity contribution >= 4 is 34.6 Å². The summed E-state index contributed by atoms with van der Waals surface area (Å²) in [6.07, 6.45) is 4.19. The van der Waals surface area contributed by atoms with Gasteiger partial charge in [0.2, 0.25) is 0 Å². The van der Waals surface area contributed by atoms with Crippen LogP contribution >= 0.6 is 0 Å². The van der Waals surface area contributed by atoms with Crippen LogP contribution in [-0.4, -0.2) is 23.9 Å². The Kier molecular flexibility index (Phi) is 8.89. The molecule has 0 unspecified atom stereocenters. The van der Waals surface area contributed by atoms with Gasteiger partial charge in [-0.25, -0.2) is 19.2 Å². The molecule has 0 spiro atoms. The summed E-state index contributed by atoms with van der Waals surface area (Å²) in [5.41, 5.74) is 2.63. The first-order valence-electron chi connectivity index (χ1n) is 12.4. The second kappa shape index (κ2) is 12.9. The van der Waals surface area contributed by atoms with E-state index in [1.54, 1.807) is 72.8 Å². The van der Waals surface area contributed by atoms with Gasteiger partial charge in [0, 0.05) is 35.1 Å². The highest BCUT2D eigenvalue weighted by Crippen LogP contribution is 2.41. The second-order valence-corrected chi connectivity index (χ2v) is 8.59. The number of rotatable bonds is 10. The van der Waals surface area contributed by atoms with Crippen LogP contribution in [0.1, 0.15) is 0 Å². The third-order valence-corrected chi connectivity index (χ3v) is 5.89. The van der Waals surface area contributed by atoms with Crippen LogP contribution in [0, 0.1) is 0 Å². The average Bonchev–Trinajstić information content (AvgIpc) is 3.01. The van der Waals surface area contributed by atoms with E-state index in [9.17, 15) is 19.2 Å². The van der Waals surface area contributed by atoms with Crippen molar-refractivity contribution < 1.29 is 38.1 Å². The van der Waals surface area contributed by atoms with Gasteiger partial charge in [0.05, 0.1) is 0 Å². The van der Waals surface area contributed by atoms with Gasteiger partial charge in [0.15, 0.2) is 0 Å². The van der Waals surface area contributed by atoms with Crippen LogP contribution in [0.3, 0.4) is 0 Å². The van der Waals surface area contributed by atoms with E-state index in [1.165, 1.54) is 0 Å². The number of carbonyl (C=O) groups is 4. The summed E-state index contributed by atoms with van der Waals surface area (Å²) in [5, 5.41) is 0.939. The lowest BCUT2D eigenvalue weighted by Crippen LogP contribution is -2.06. The third-order valence-electron chi connectivity index (χ3n) is 5.89. The van der Waals surface area contributed by atoms with E-state index in [-0.39, 0.29) is 11.5 Å². The molecule has 0 aliphatic carbocycles. The molecule has 0 fully saturated rings. The van der Waals surface area contributed by atoms with Gasteiger partial charge in [0.25, 0.3) is 0 Å². The predicted molar refractivity (Wildman–Crippen MR) is 158 cm³/mol. The molecule has 208 valence electrons. The van der Waals surface area contributed by atoms with Crippen LogP contribution in [0.15, 0.2) is 123 Å². The van der Waals surface area contributed by atoms with E-state index in [1.807, 2.05) is 0 Å². The summed E-state index contributed by atoms with van der Waals surface area (Å²) in [6, 6.07) is 20.2. The normalized spacial score (nSPS) is 10.2. The fourth-order valence-corrected chi connectivity index (χ4v) is 3.94. The van der Waals surface area contributed by atoms with Gasteiger partial charge < -0.3 is 18.9 Å². The Hall–Kier alpha value is -6.02. The highest BCUT2D eigenvalue weighted by molar-refractivity contribution is 6.02. The Morgan fingerprint density at radius 1 is 0.429 bits per heavy atom. The minimum absolute atomic E-state index is 0.184. The summed E-state index contributed by atoms with van der Waals surface area (Å²) < 4.78 is 21.5. The maximum atomic E-state index is 12.3. The molecule has 0 amide bonds. The van der Waals surface area contributed by atoms with Crippen LogP contribution < -0.4 is 18.9 Å². The van der Waals surface area contributed by atoms with Crippen LogP contribution in [0.5, 0.6) is 23.0 Å². The molecule has 0 N–H and O–H groups in total. The van der Waals surface area contributed by atoms with Crippen LogP contribution in [0.2, 0.25) is 0 Å². The average molecular weight is 561 g/mol. The monoisotopic (exact) mass is 560 g/mol. The van der Waals surface area contributed by atoms with Crippen molar-refractivity contribution in [1.29, 1.82) is 0 Å². The molecule has 4 rings (SSSR count). The number of benzene rings is 4. The lowest BCUT2D eigenvalue weighted by atomic mass is 9.96. The lowest BCUT2D eigenvalue weighted by Gasteiger charge is -2.15. The number of hydrogen-bond acceptors (Lipinski definition) is 8. The lowest BCUT2D eigenvalue weighted by molar-refractivity contribution is -0.129. The number of hydrogen-bond donors (Lipinski definition) is 0. The maximum Gasteiger partial charge on any atom is 0.335 e. The smallest absolute Gasteiger partial charge is 0.335 e. The molecule has 0 heterocycles. The second-order valence-electron chi connectivity index (χ2n) is 8.59. The molecule has 0 saturated heterocycles. The largest absolute Gasteiger partial charge is 0.423 e. The Morgan fingerprint density at radius 2 is 0.738 bits per heavy atom. The van der Waals surface area contributed by atoms with Crippen molar-refractivity contribution in [2.75, 3.05) is 0 Å². The van der Waals surface area contributed by atoms with Crippen molar-refractivity contribution in [3.63, 3.8) is 0 Å². The fraction of sp³-hybridized carbons (Fsp3) is 0. The van der Waals surface area contributed by atoms with Crippen molar-refractivity contribution in [2.45, 2.75) is 0 Å². The van der Waals surface area contributed by atoms with Crippen molar-refractivity contribution in [3.8, 4) is 45.3 Å². The standard InChI is InChI=1S/C34H24O8/c1-5-31(35)39-25-13-9-21(10-14-25)23-17-27-28(29(19-23)41-33(37)7-3)18-24(20-30(27)42-34(38)8-4)22-11-15-26(16-12-22)40-32(36)6-2/h5-20H,1-4H2. The molecular weight excluding hydrogens is 536 g/mol. The molecule has 0 bridgehead atoms. The van der Waals surface area contributed by atoms with Crippen molar-refractivity contribution in [2.24, 2.45) is 0 Å². The number of ether oxygens (including phenoxy) is 4. The van der Waals surface area contributed by atoms with E-state index in [0.29, 0.717) is 44.5 Å². The first-order chi connectivity index (χ1) is 20.2. The van der Waals surface area contributed by atoms with Gasteiger partial charge in [-0.15, -0.1) is 0 Å². The fourth-order valence-electron chi connectivity index (χ4n) is 3.94. The van der Waals surface area contributed by atoms with Gasteiger partial charge in [-0.1, -0.05) is 50.6 Å². The molecular formula is C34H24O8. The number of carbonyl (C=O) groups excluding carboxylic acids is 4. The van der Waals surface area contributed by atoms with Gasteiger partial charge >= 0.3 is 23.9 Å². The summed E-state index contributed by atoms with van der Waals surface area (Å²) in [7, 11) is 0. The molecule has 4 aromatic carbocycles. The molecule has 0 saturated carbocycles. The van der Waals surface area contributed by atoms with Gasteiger partial charge in [-0.3, -0.25) is 0 Å². The van der Waals surface area contributed by atoms with Gasteiger partial charge in [-0.2, -0.15) is 0 Å². The molecule has 0 aliphatic rings. The molecule has 0 aliphatic heterocycles. The Labute approximate surface area is 241 Å². The van der Waals surface area contributed by atoms with E-state index < -0.39 is 23.9 Å². The Bertz CT molecular complexity index is 1610. The first kappa shape index (κ1) is 29.0. The minimum atomic E-state index is -0.691.